The molecule has 9 heteroatoms. The van der Waals surface area contributed by atoms with E-state index in [4.69, 9.17) is 23.2 Å². The zero-order valence-corrected chi connectivity index (χ0v) is 13.9. The maximum Gasteiger partial charge on any atom is 0.243 e. The quantitative estimate of drug-likeness (QED) is 0.843. The molecule has 1 fully saturated rings. The third kappa shape index (κ3) is 2.99. The standard InChI is InChI=1S/C13H14Cl2N4O2S/c14-12-2-1-11(7-13(12)15)22(20,21)18-5-3-10(4-6-18)19-9-16-8-17-19/h1-2,7-10H,3-6H2. The third-order valence-electron chi connectivity index (χ3n) is 3.76. The number of hydrogen-bond acceptors (Lipinski definition) is 4. The largest absolute Gasteiger partial charge is 0.250 e. The topological polar surface area (TPSA) is 68.1 Å². The smallest absolute Gasteiger partial charge is 0.243 e. The Morgan fingerprint density at radius 1 is 1.14 bits per heavy atom. The first kappa shape index (κ1) is 15.7. The number of benzene rings is 1. The molecule has 0 radical (unpaired) electrons. The first-order chi connectivity index (χ1) is 10.5. The molecule has 1 aromatic carbocycles. The second-order valence-electron chi connectivity index (χ2n) is 5.09. The fourth-order valence-electron chi connectivity index (χ4n) is 2.54. The summed E-state index contributed by atoms with van der Waals surface area (Å²) in [6.07, 6.45) is 4.54. The fourth-order valence-corrected chi connectivity index (χ4v) is 4.40. The van der Waals surface area contributed by atoms with Crippen LogP contribution in [0.3, 0.4) is 0 Å². The molecule has 0 bridgehead atoms. The molecule has 22 heavy (non-hydrogen) atoms. The van der Waals surface area contributed by atoms with Crippen molar-refractivity contribution in [3.05, 3.63) is 40.9 Å². The van der Waals surface area contributed by atoms with E-state index < -0.39 is 10.0 Å². The molecule has 0 N–H and O–H groups in total. The van der Waals surface area contributed by atoms with E-state index in [2.05, 4.69) is 10.1 Å². The number of nitrogens with zero attached hydrogens (tertiary/aromatic N) is 4. The van der Waals surface area contributed by atoms with Gasteiger partial charge in [0.05, 0.1) is 21.0 Å². The van der Waals surface area contributed by atoms with Gasteiger partial charge in [0.2, 0.25) is 10.0 Å². The number of halogens is 2. The van der Waals surface area contributed by atoms with Crippen LogP contribution in [0.2, 0.25) is 10.0 Å². The summed E-state index contributed by atoms with van der Waals surface area (Å²) in [6.45, 7) is 0.875. The van der Waals surface area contributed by atoms with Gasteiger partial charge in [0.1, 0.15) is 12.7 Å². The van der Waals surface area contributed by atoms with Gasteiger partial charge < -0.3 is 0 Å². The maximum absolute atomic E-state index is 12.6. The highest BCUT2D eigenvalue weighted by atomic mass is 35.5. The van der Waals surface area contributed by atoms with E-state index in [9.17, 15) is 8.42 Å². The Hall–Kier alpha value is -1.15. The summed E-state index contributed by atoms with van der Waals surface area (Å²) in [5.41, 5.74) is 0. The molecule has 0 amide bonds. The molecular weight excluding hydrogens is 347 g/mol. The molecule has 0 unspecified atom stereocenters. The van der Waals surface area contributed by atoms with E-state index in [-0.39, 0.29) is 16.0 Å². The molecule has 0 atom stereocenters. The van der Waals surface area contributed by atoms with Crippen LogP contribution in [0.4, 0.5) is 0 Å². The zero-order valence-electron chi connectivity index (χ0n) is 11.6. The second kappa shape index (κ2) is 6.16. The molecule has 2 aromatic rings. The number of aromatic nitrogens is 3. The van der Waals surface area contributed by atoms with Crippen molar-refractivity contribution in [1.82, 2.24) is 19.1 Å². The van der Waals surface area contributed by atoms with Crippen LogP contribution in [-0.4, -0.2) is 40.6 Å². The molecule has 118 valence electrons. The molecule has 0 spiro atoms. The van der Waals surface area contributed by atoms with Crippen molar-refractivity contribution in [2.24, 2.45) is 0 Å². The van der Waals surface area contributed by atoms with E-state index in [0.717, 1.165) is 0 Å². The second-order valence-corrected chi connectivity index (χ2v) is 7.84. The van der Waals surface area contributed by atoms with E-state index in [1.807, 2.05) is 0 Å². The van der Waals surface area contributed by atoms with Gasteiger partial charge in [-0.05, 0) is 31.0 Å². The van der Waals surface area contributed by atoms with E-state index in [0.29, 0.717) is 31.0 Å². The number of rotatable bonds is 3. The number of sulfonamides is 1. The number of piperidine rings is 1. The average Bonchev–Trinajstić information content (AvgIpc) is 3.04. The lowest BCUT2D eigenvalue weighted by Gasteiger charge is -2.31. The van der Waals surface area contributed by atoms with Gasteiger partial charge in [-0.25, -0.2) is 18.1 Å². The maximum atomic E-state index is 12.6. The Bertz CT molecular complexity index is 756. The molecule has 2 heterocycles. The third-order valence-corrected chi connectivity index (χ3v) is 6.40. The van der Waals surface area contributed by atoms with Gasteiger partial charge in [-0.2, -0.15) is 9.40 Å². The molecule has 6 nitrogen and oxygen atoms in total. The highest BCUT2D eigenvalue weighted by Crippen LogP contribution is 2.29. The molecule has 1 aliphatic heterocycles. The highest BCUT2D eigenvalue weighted by molar-refractivity contribution is 7.89. The van der Waals surface area contributed by atoms with Crippen molar-refractivity contribution >= 4 is 33.2 Å². The SMILES string of the molecule is O=S(=O)(c1ccc(Cl)c(Cl)c1)N1CCC(n2cncn2)CC1. The van der Waals surface area contributed by atoms with Crippen LogP contribution in [0.15, 0.2) is 35.7 Å². The van der Waals surface area contributed by atoms with Gasteiger partial charge >= 0.3 is 0 Å². The minimum atomic E-state index is -3.55. The monoisotopic (exact) mass is 360 g/mol. The Morgan fingerprint density at radius 3 is 2.45 bits per heavy atom. The van der Waals surface area contributed by atoms with Crippen LogP contribution in [-0.2, 0) is 10.0 Å². The summed E-state index contributed by atoms with van der Waals surface area (Å²) in [7, 11) is -3.55. The molecule has 0 saturated carbocycles. The van der Waals surface area contributed by atoms with Gasteiger partial charge in [0.15, 0.2) is 0 Å². The summed E-state index contributed by atoms with van der Waals surface area (Å²) in [5.74, 6) is 0. The van der Waals surface area contributed by atoms with Crippen molar-refractivity contribution in [3.63, 3.8) is 0 Å². The average molecular weight is 361 g/mol. The fraction of sp³-hybridized carbons (Fsp3) is 0.385. The van der Waals surface area contributed by atoms with Gasteiger partial charge in [0.25, 0.3) is 0 Å². The van der Waals surface area contributed by atoms with Crippen LogP contribution < -0.4 is 0 Å². The Morgan fingerprint density at radius 2 is 1.86 bits per heavy atom. The van der Waals surface area contributed by atoms with E-state index in [1.54, 1.807) is 11.0 Å². The predicted octanol–water partition coefficient (Wildman–Crippen LogP) is 2.61. The predicted molar refractivity (Wildman–Crippen MR) is 83.5 cm³/mol. The lowest BCUT2D eigenvalue weighted by atomic mass is 10.1. The Kier molecular flexibility index (Phi) is 4.40. The van der Waals surface area contributed by atoms with Crippen molar-refractivity contribution in [3.8, 4) is 0 Å². The van der Waals surface area contributed by atoms with Crippen molar-refractivity contribution in [2.45, 2.75) is 23.8 Å². The molecule has 0 aliphatic carbocycles. The summed E-state index contributed by atoms with van der Waals surface area (Å²) in [6, 6.07) is 4.55. The van der Waals surface area contributed by atoms with E-state index in [1.165, 1.54) is 28.8 Å². The van der Waals surface area contributed by atoms with Crippen LogP contribution in [0.25, 0.3) is 0 Å². The van der Waals surface area contributed by atoms with Gasteiger partial charge in [-0.1, -0.05) is 23.2 Å². The van der Waals surface area contributed by atoms with Crippen LogP contribution in [0.1, 0.15) is 18.9 Å². The highest BCUT2D eigenvalue weighted by Gasteiger charge is 2.30. The minimum absolute atomic E-state index is 0.168. The number of hydrogen-bond donors (Lipinski definition) is 0. The lowest BCUT2D eigenvalue weighted by Crippen LogP contribution is -2.39. The lowest BCUT2D eigenvalue weighted by molar-refractivity contribution is 0.260. The molecular formula is C13H14Cl2N4O2S. The minimum Gasteiger partial charge on any atom is -0.250 e. The Balaban J connectivity index is 1.75. The molecule has 1 aliphatic rings. The van der Waals surface area contributed by atoms with Gasteiger partial charge in [0, 0.05) is 13.1 Å². The van der Waals surface area contributed by atoms with Crippen molar-refractivity contribution < 1.29 is 8.42 Å². The van der Waals surface area contributed by atoms with Gasteiger partial charge in [-0.3, -0.25) is 0 Å². The molecule has 1 saturated heterocycles. The first-order valence-corrected chi connectivity index (χ1v) is 8.97. The summed E-state index contributed by atoms with van der Waals surface area (Å²) < 4.78 is 28.5. The zero-order chi connectivity index (χ0) is 15.7. The normalized spacial score (nSPS) is 17.7. The van der Waals surface area contributed by atoms with Gasteiger partial charge in [-0.15, -0.1) is 0 Å². The van der Waals surface area contributed by atoms with Crippen molar-refractivity contribution in [2.75, 3.05) is 13.1 Å². The van der Waals surface area contributed by atoms with Crippen LogP contribution in [0, 0.1) is 0 Å². The molecule has 1 aromatic heterocycles. The van der Waals surface area contributed by atoms with E-state index >= 15 is 0 Å². The summed E-state index contributed by atoms with van der Waals surface area (Å²) in [4.78, 5) is 4.09. The summed E-state index contributed by atoms with van der Waals surface area (Å²) in [5, 5.41) is 4.69. The molecule has 3 rings (SSSR count). The Labute approximate surface area is 138 Å². The summed E-state index contributed by atoms with van der Waals surface area (Å²) >= 11 is 11.8. The van der Waals surface area contributed by atoms with Crippen LogP contribution >= 0.6 is 23.2 Å². The van der Waals surface area contributed by atoms with Crippen molar-refractivity contribution in [1.29, 1.82) is 0 Å². The first-order valence-electron chi connectivity index (χ1n) is 6.78. The van der Waals surface area contributed by atoms with Crippen LogP contribution in [0.5, 0.6) is 0 Å².